The number of piperidine rings is 1. The van der Waals surface area contributed by atoms with Crippen LogP contribution in [0.25, 0.3) is 0 Å². The Hall–Kier alpha value is -2.41. The summed E-state index contributed by atoms with van der Waals surface area (Å²) in [6, 6.07) is 1.31. The largest absolute Gasteiger partial charge is 0.496 e. The Morgan fingerprint density at radius 3 is 2.78 bits per heavy atom. The molecular weight excluding hydrogens is 298 g/mol. The van der Waals surface area contributed by atoms with Gasteiger partial charge in [0, 0.05) is 36.2 Å². The summed E-state index contributed by atoms with van der Waals surface area (Å²) in [5, 5.41) is 5.57. The van der Waals surface area contributed by atoms with E-state index in [1.165, 1.54) is 0 Å². The Kier molecular flexibility index (Phi) is 3.12. The van der Waals surface area contributed by atoms with Crippen LogP contribution in [-0.2, 0) is 29.2 Å². The lowest BCUT2D eigenvalue weighted by Gasteiger charge is -2.29. The van der Waals surface area contributed by atoms with Gasteiger partial charge in [-0.25, -0.2) is 0 Å². The van der Waals surface area contributed by atoms with Gasteiger partial charge in [0.15, 0.2) is 0 Å². The molecule has 23 heavy (non-hydrogen) atoms. The van der Waals surface area contributed by atoms with Gasteiger partial charge in [-0.05, 0) is 18.1 Å². The summed E-state index contributed by atoms with van der Waals surface area (Å²) in [7, 11) is 1.60. The van der Waals surface area contributed by atoms with Crippen molar-refractivity contribution in [2.75, 3.05) is 7.11 Å². The third-order valence-electron chi connectivity index (χ3n) is 4.81. The first-order chi connectivity index (χ1) is 11.1. The van der Waals surface area contributed by atoms with Crippen LogP contribution >= 0.6 is 0 Å². The number of fused-ring (bicyclic) bond motifs is 2. The summed E-state index contributed by atoms with van der Waals surface area (Å²) in [6.07, 6.45) is 0.627. The molecule has 120 valence electrons. The Morgan fingerprint density at radius 2 is 2.04 bits per heavy atom. The molecule has 3 amide bonds. The molecule has 0 radical (unpaired) electrons. The van der Waals surface area contributed by atoms with Crippen molar-refractivity contribution in [1.82, 2.24) is 15.5 Å². The summed E-state index contributed by atoms with van der Waals surface area (Å²) in [4.78, 5) is 37.7. The predicted octanol–water partition coefficient (Wildman–Crippen LogP) is 0.0594. The second-order valence-electron chi connectivity index (χ2n) is 6.08. The lowest BCUT2D eigenvalue weighted by Crippen LogP contribution is -2.52. The number of rotatable bonds is 2. The normalized spacial score (nSPS) is 22.9. The maximum absolute atomic E-state index is 12.8. The van der Waals surface area contributed by atoms with E-state index in [9.17, 15) is 14.4 Å². The lowest BCUT2D eigenvalue weighted by molar-refractivity contribution is -0.136. The fourth-order valence-corrected chi connectivity index (χ4v) is 3.69. The van der Waals surface area contributed by atoms with Gasteiger partial charge in [0.2, 0.25) is 11.8 Å². The number of ether oxygens (including phenoxy) is 1. The molecule has 1 aromatic carbocycles. The van der Waals surface area contributed by atoms with Gasteiger partial charge in [-0.3, -0.25) is 19.7 Å². The zero-order chi connectivity index (χ0) is 16.1. The highest BCUT2D eigenvalue weighted by Gasteiger charge is 2.41. The van der Waals surface area contributed by atoms with E-state index in [1.807, 2.05) is 6.07 Å². The van der Waals surface area contributed by atoms with E-state index in [0.29, 0.717) is 25.1 Å². The summed E-state index contributed by atoms with van der Waals surface area (Å²) >= 11 is 0. The third kappa shape index (κ3) is 2.03. The number of carbonyl (C=O) groups is 3. The average Bonchev–Trinajstić information content (AvgIpc) is 3.11. The van der Waals surface area contributed by atoms with Crippen molar-refractivity contribution in [3.8, 4) is 5.75 Å². The standard InChI is InChI=1S/C16H17N3O4/c1-23-14-10-6-17-5-8(10)4-9-11(14)7-19(16(9)22)12-2-3-13(20)18-15(12)21/h4,12,17H,2-3,5-7H2,1H3,(H,18,20,21). The second kappa shape index (κ2) is 5.06. The molecule has 0 bridgehead atoms. The van der Waals surface area contributed by atoms with Gasteiger partial charge in [0.05, 0.1) is 13.7 Å². The van der Waals surface area contributed by atoms with Crippen LogP contribution in [0.4, 0.5) is 0 Å². The quantitative estimate of drug-likeness (QED) is 0.754. The number of hydrogen-bond acceptors (Lipinski definition) is 5. The van der Waals surface area contributed by atoms with Gasteiger partial charge in [0.1, 0.15) is 11.8 Å². The van der Waals surface area contributed by atoms with Gasteiger partial charge >= 0.3 is 0 Å². The van der Waals surface area contributed by atoms with E-state index in [4.69, 9.17) is 4.74 Å². The number of hydrogen-bond donors (Lipinski definition) is 2. The zero-order valence-corrected chi connectivity index (χ0v) is 12.8. The molecule has 3 aliphatic rings. The van der Waals surface area contributed by atoms with Crippen molar-refractivity contribution in [2.24, 2.45) is 0 Å². The first-order valence-corrected chi connectivity index (χ1v) is 7.67. The summed E-state index contributed by atoms with van der Waals surface area (Å²) in [5.74, 6) is -0.0956. The Bertz CT molecular complexity index is 743. The highest BCUT2D eigenvalue weighted by atomic mass is 16.5. The van der Waals surface area contributed by atoms with Gasteiger partial charge in [-0.2, -0.15) is 0 Å². The molecule has 1 saturated heterocycles. The van der Waals surface area contributed by atoms with Crippen molar-refractivity contribution in [3.05, 3.63) is 28.3 Å². The SMILES string of the molecule is COc1c2c(cc3c1CN(C1CCC(=O)NC1=O)C3=O)CNC2. The number of nitrogens with zero attached hydrogens (tertiary/aromatic N) is 1. The Labute approximate surface area is 133 Å². The van der Waals surface area contributed by atoms with Crippen LogP contribution < -0.4 is 15.4 Å². The van der Waals surface area contributed by atoms with Crippen molar-refractivity contribution in [2.45, 2.75) is 38.5 Å². The number of imide groups is 1. The summed E-state index contributed by atoms with van der Waals surface area (Å²) < 4.78 is 5.55. The average molecular weight is 315 g/mol. The zero-order valence-electron chi connectivity index (χ0n) is 12.8. The maximum atomic E-state index is 12.8. The molecule has 0 saturated carbocycles. The third-order valence-corrected chi connectivity index (χ3v) is 4.81. The Morgan fingerprint density at radius 1 is 1.22 bits per heavy atom. The van der Waals surface area contributed by atoms with Gasteiger partial charge in [-0.15, -0.1) is 0 Å². The fourth-order valence-electron chi connectivity index (χ4n) is 3.69. The fraction of sp³-hybridized carbons (Fsp3) is 0.438. The molecule has 2 N–H and O–H groups in total. The van der Waals surface area contributed by atoms with Crippen molar-refractivity contribution >= 4 is 17.7 Å². The van der Waals surface area contributed by atoms with E-state index >= 15 is 0 Å². The molecule has 1 fully saturated rings. The molecule has 0 aromatic heterocycles. The van der Waals surface area contributed by atoms with E-state index in [0.717, 1.165) is 29.0 Å². The van der Waals surface area contributed by atoms with Crippen LogP contribution in [0.2, 0.25) is 0 Å². The molecule has 4 rings (SSSR count). The highest BCUT2D eigenvalue weighted by Crippen LogP contribution is 2.39. The van der Waals surface area contributed by atoms with Gasteiger partial charge in [-0.1, -0.05) is 0 Å². The molecular formula is C16H17N3O4. The number of methoxy groups -OCH3 is 1. The van der Waals surface area contributed by atoms with Gasteiger partial charge < -0.3 is 15.0 Å². The van der Waals surface area contributed by atoms with Crippen LogP contribution in [-0.4, -0.2) is 35.8 Å². The first-order valence-electron chi connectivity index (χ1n) is 7.67. The van der Waals surface area contributed by atoms with Crippen LogP contribution in [0.5, 0.6) is 5.75 Å². The first kappa shape index (κ1) is 14.2. The predicted molar refractivity (Wildman–Crippen MR) is 79.6 cm³/mol. The second-order valence-corrected chi connectivity index (χ2v) is 6.08. The monoisotopic (exact) mass is 315 g/mol. The van der Waals surface area contributed by atoms with Crippen molar-refractivity contribution in [1.29, 1.82) is 0 Å². The molecule has 7 nitrogen and oxygen atoms in total. The number of amides is 3. The van der Waals surface area contributed by atoms with Crippen molar-refractivity contribution in [3.63, 3.8) is 0 Å². The molecule has 0 spiro atoms. The molecule has 1 atom stereocenters. The minimum Gasteiger partial charge on any atom is -0.496 e. The van der Waals surface area contributed by atoms with Crippen LogP contribution in [0.15, 0.2) is 6.07 Å². The van der Waals surface area contributed by atoms with Crippen molar-refractivity contribution < 1.29 is 19.1 Å². The highest BCUT2D eigenvalue weighted by molar-refractivity contribution is 6.06. The van der Waals surface area contributed by atoms with Crippen LogP contribution in [0.3, 0.4) is 0 Å². The van der Waals surface area contributed by atoms with E-state index in [1.54, 1.807) is 12.0 Å². The summed E-state index contributed by atoms with van der Waals surface area (Å²) in [6.45, 7) is 1.78. The lowest BCUT2D eigenvalue weighted by atomic mass is 10.00. The topological polar surface area (TPSA) is 87.7 Å². The molecule has 7 heteroatoms. The molecule has 1 unspecified atom stereocenters. The molecule has 1 aromatic rings. The number of nitrogens with one attached hydrogen (secondary N) is 2. The number of benzene rings is 1. The van der Waals surface area contributed by atoms with E-state index in [2.05, 4.69) is 10.6 Å². The molecule has 3 heterocycles. The van der Waals surface area contributed by atoms with E-state index < -0.39 is 11.9 Å². The Balaban J connectivity index is 1.71. The van der Waals surface area contributed by atoms with E-state index in [-0.39, 0.29) is 18.2 Å². The maximum Gasteiger partial charge on any atom is 0.255 e. The van der Waals surface area contributed by atoms with Crippen LogP contribution in [0.1, 0.15) is 39.9 Å². The minimum absolute atomic E-state index is 0.164. The smallest absolute Gasteiger partial charge is 0.255 e. The van der Waals surface area contributed by atoms with Gasteiger partial charge in [0.25, 0.3) is 5.91 Å². The number of carbonyl (C=O) groups excluding carboxylic acids is 3. The van der Waals surface area contributed by atoms with Crippen LogP contribution in [0, 0.1) is 0 Å². The summed E-state index contributed by atoms with van der Waals surface area (Å²) in [5.41, 5.74) is 3.60. The minimum atomic E-state index is -0.592. The molecule has 0 aliphatic carbocycles. The molecule has 3 aliphatic heterocycles.